The molecular weight excluding hydrogens is 513 g/mol. The molecule has 0 bridgehead atoms. The molecule has 4 rings (SSSR count). The van der Waals surface area contributed by atoms with Gasteiger partial charge in [-0.1, -0.05) is 0 Å². The highest BCUT2D eigenvalue weighted by Crippen LogP contribution is 2.29. The van der Waals surface area contributed by atoms with Crippen LogP contribution in [0.3, 0.4) is 0 Å². The van der Waals surface area contributed by atoms with E-state index in [4.69, 9.17) is 4.74 Å². The van der Waals surface area contributed by atoms with Gasteiger partial charge in [0, 0.05) is 37.1 Å². The van der Waals surface area contributed by atoms with Gasteiger partial charge < -0.3 is 14.6 Å². The average molecular weight is 533 g/mol. The van der Waals surface area contributed by atoms with Crippen LogP contribution in [0.25, 0.3) is 16.7 Å². The summed E-state index contributed by atoms with van der Waals surface area (Å²) in [7, 11) is -3.66. The Morgan fingerprint density at radius 1 is 1.19 bits per heavy atom. The Hall–Kier alpha value is -3.17. The van der Waals surface area contributed by atoms with E-state index in [9.17, 15) is 35.2 Å². The Kier molecular flexibility index (Phi) is 6.99. The number of nitrogens with zero attached hydrogens (tertiary/aromatic N) is 4. The SMILES string of the molecule is CS(=O)(=O)N1C[C@@H](NC(=O)c2cc3c(ccn3-c3ccc(C(F)(F)F)cn3)cn2)[C@H](OCC(F)F)C1. The Morgan fingerprint density at radius 3 is 2.56 bits per heavy atom. The number of hydrogen-bond donors (Lipinski definition) is 1. The number of rotatable bonds is 7. The third kappa shape index (κ3) is 5.63. The summed E-state index contributed by atoms with van der Waals surface area (Å²) in [6.07, 6.45) is -3.72. The number of fused-ring (bicyclic) bond motifs is 1. The molecule has 4 heterocycles. The number of alkyl halides is 5. The maximum absolute atomic E-state index is 12.9. The van der Waals surface area contributed by atoms with Crippen molar-refractivity contribution in [2.75, 3.05) is 26.0 Å². The fourth-order valence-electron chi connectivity index (χ4n) is 3.80. The normalized spacial score (nSPS) is 19.3. The maximum atomic E-state index is 12.9. The number of ether oxygens (including phenoxy) is 1. The van der Waals surface area contributed by atoms with Crippen molar-refractivity contribution in [3.8, 4) is 5.82 Å². The van der Waals surface area contributed by atoms with Gasteiger partial charge in [-0.15, -0.1) is 0 Å². The van der Waals surface area contributed by atoms with Gasteiger partial charge in [-0.05, 0) is 24.3 Å². The van der Waals surface area contributed by atoms with E-state index < -0.39 is 52.8 Å². The fourth-order valence-corrected chi connectivity index (χ4v) is 4.65. The molecule has 0 spiro atoms. The highest BCUT2D eigenvalue weighted by atomic mass is 32.2. The smallest absolute Gasteiger partial charge is 0.369 e. The molecule has 15 heteroatoms. The van der Waals surface area contributed by atoms with Crippen LogP contribution in [0.5, 0.6) is 0 Å². The summed E-state index contributed by atoms with van der Waals surface area (Å²) >= 11 is 0. The van der Waals surface area contributed by atoms with Crippen molar-refractivity contribution in [3.05, 3.63) is 54.1 Å². The Labute approximate surface area is 201 Å². The first-order valence-corrected chi connectivity index (χ1v) is 12.3. The number of carbonyl (C=O) groups excluding carboxylic acids is 1. The first kappa shape index (κ1) is 25.9. The van der Waals surface area contributed by atoms with Crippen LogP contribution < -0.4 is 5.32 Å². The van der Waals surface area contributed by atoms with E-state index in [0.717, 1.165) is 16.6 Å². The molecule has 0 aromatic carbocycles. The molecule has 1 aliphatic rings. The fraction of sp³-hybridized carbons (Fsp3) is 0.381. The van der Waals surface area contributed by atoms with Crippen LogP contribution in [0, 0.1) is 0 Å². The molecule has 36 heavy (non-hydrogen) atoms. The molecule has 1 amide bonds. The second-order valence-electron chi connectivity index (χ2n) is 8.14. The quantitative estimate of drug-likeness (QED) is 0.468. The lowest BCUT2D eigenvalue weighted by atomic mass is 10.2. The third-order valence-corrected chi connectivity index (χ3v) is 6.82. The lowest BCUT2D eigenvalue weighted by molar-refractivity contribution is -0.137. The van der Waals surface area contributed by atoms with Crippen molar-refractivity contribution in [3.63, 3.8) is 0 Å². The third-order valence-electron chi connectivity index (χ3n) is 5.58. The highest BCUT2D eigenvalue weighted by Gasteiger charge is 2.39. The van der Waals surface area contributed by atoms with Gasteiger partial charge >= 0.3 is 6.18 Å². The monoisotopic (exact) mass is 533 g/mol. The number of halogens is 5. The summed E-state index contributed by atoms with van der Waals surface area (Å²) < 4.78 is 95.2. The van der Waals surface area contributed by atoms with Crippen molar-refractivity contribution in [1.29, 1.82) is 0 Å². The van der Waals surface area contributed by atoms with Gasteiger partial charge in [0.25, 0.3) is 12.3 Å². The predicted molar refractivity (Wildman–Crippen MR) is 117 cm³/mol. The number of hydrogen-bond acceptors (Lipinski definition) is 6. The van der Waals surface area contributed by atoms with Gasteiger partial charge in [0.15, 0.2) is 0 Å². The van der Waals surface area contributed by atoms with Gasteiger partial charge in [-0.2, -0.15) is 17.5 Å². The molecule has 1 aliphatic heterocycles. The van der Waals surface area contributed by atoms with Gasteiger partial charge in [0.2, 0.25) is 10.0 Å². The van der Waals surface area contributed by atoms with E-state index >= 15 is 0 Å². The molecule has 0 radical (unpaired) electrons. The van der Waals surface area contributed by atoms with Gasteiger partial charge in [-0.3, -0.25) is 9.78 Å². The van der Waals surface area contributed by atoms with E-state index in [0.29, 0.717) is 17.1 Å². The molecule has 194 valence electrons. The molecule has 1 N–H and O–H groups in total. The van der Waals surface area contributed by atoms with E-state index in [-0.39, 0.29) is 24.6 Å². The number of carbonyl (C=O) groups is 1. The van der Waals surface area contributed by atoms with E-state index in [1.54, 1.807) is 12.3 Å². The molecule has 1 fully saturated rings. The molecule has 9 nitrogen and oxygen atoms in total. The second-order valence-corrected chi connectivity index (χ2v) is 10.1. The summed E-state index contributed by atoms with van der Waals surface area (Å²) in [4.78, 5) is 20.8. The molecule has 3 aromatic rings. The minimum atomic E-state index is -4.54. The van der Waals surface area contributed by atoms with Crippen molar-refractivity contribution < 1.29 is 39.9 Å². The standard InChI is InChI=1S/C21H20F5N5O4S/c1-36(33,34)30-9-15(17(10-30)35-11-18(22)23)29-20(32)14-6-16-12(7-27-14)4-5-31(16)19-3-2-13(8-28-19)21(24,25)26/h2-8,15,17-18H,9-11H2,1H3,(H,29,32)/t15-,17-/m1/s1. The summed E-state index contributed by atoms with van der Waals surface area (Å²) in [5.41, 5.74) is -0.565. The molecule has 0 unspecified atom stereocenters. The Balaban J connectivity index is 1.57. The highest BCUT2D eigenvalue weighted by molar-refractivity contribution is 7.88. The van der Waals surface area contributed by atoms with Crippen LogP contribution in [-0.4, -0.2) is 77.7 Å². The summed E-state index contributed by atoms with van der Waals surface area (Å²) in [5.74, 6) is -0.536. The minimum absolute atomic E-state index is 0.0835. The number of aromatic nitrogens is 3. The van der Waals surface area contributed by atoms with Crippen LogP contribution in [-0.2, 0) is 20.9 Å². The van der Waals surface area contributed by atoms with Crippen molar-refractivity contribution >= 4 is 26.8 Å². The van der Waals surface area contributed by atoms with Gasteiger partial charge in [0.1, 0.15) is 18.1 Å². The van der Waals surface area contributed by atoms with Crippen LogP contribution in [0.1, 0.15) is 16.1 Å². The minimum Gasteiger partial charge on any atom is -0.369 e. The number of amides is 1. The first-order chi connectivity index (χ1) is 16.8. The van der Waals surface area contributed by atoms with Gasteiger partial charge in [-0.25, -0.2) is 22.2 Å². The van der Waals surface area contributed by atoms with Crippen LogP contribution >= 0.6 is 0 Å². The molecular formula is C21H20F5N5O4S. The maximum Gasteiger partial charge on any atom is 0.417 e. The lowest BCUT2D eigenvalue weighted by Gasteiger charge is -2.20. The zero-order chi connectivity index (χ0) is 26.3. The molecule has 3 aromatic heterocycles. The van der Waals surface area contributed by atoms with Crippen LogP contribution in [0.2, 0.25) is 0 Å². The van der Waals surface area contributed by atoms with Crippen LogP contribution in [0.15, 0.2) is 42.9 Å². The van der Waals surface area contributed by atoms with Crippen molar-refractivity contribution in [2.45, 2.75) is 24.7 Å². The zero-order valence-corrected chi connectivity index (χ0v) is 19.4. The first-order valence-electron chi connectivity index (χ1n) is 10.5. The van der Waals surface area contributed by atoms with E-state index in [1.807, 2.05) is 0 Å². The summed E-state index contributed by atoms with van der Waals surface area (Å²) in [6, 6.07) is 4.19. The van der Waals surface area contributed by atoms with Crippen molar-refractivity contribution in [1.82, 2.24) is 24.2 Å². The van der Waals surface area contributed by atoms with E-state index in [1.165, 1.54) is 22.9 Å². The summed E-state index contributed by atoms with van der Waals surface area (Å²) in [6.45, 7) is -1.30. The number of nitrogens with one attached hydrogen (secondary N) is 1. The summed E-state index contributed by atoms with van der Waals surface area (Å²) in [5, 5.41) is 3.16. The van der Waals surface area contributed by atoms with Crippen molar-refractivity contribution in [2.24, 2.45) is 0 Å². The molecule has 2 atom stereocenters. The molecule has 0 saturated carbocycles. The second kappa shape index (κ2) is 9.71. The molecule has 1 saturated heterocycles. The number of pyridine rings is 2. The zero-order valence-electron chi connectivity index (χ0n) is 18.6. The van der Waals surface area contributed by atoms with E-state index in [2.05, 4.69) is 15.3 Å². The molecule has 0 aliphatic carbocycles. The van der Waals surface area contributed by atoms with Crippen LogP contribution in [0.4, 0.5) is 22.0 Å². The van der Waals surface area contributed by atoms with Gasteiger partial charge in [0.05, 0.1) is 29.5 Å². The average Bonchev–Trinajstić information content (AvgIpc) is 3.40. The lowest BCUT2D eigenvalue weighted by Crippen LogP contribution is -2.44. The largest absolute Gasteiger partial charge is 0.417 e. The predicted octanol–water partition coefficient (Wildman–Crippen LogP) is 2.46. The Morgan fingerprint density at radius 2 is 1.94 bits per heavy atom. The number of sulfonamides is 1. The Bertz CT molecular complexity index is 1360. The topological polar surface area (TPSA) is 106 Å².